The normalized spacial score (nSPS) is 11.7. The number of carbonyl (C=O) groups is 1. The Morgan fingerprint density at radius 1 is 1.10 bits per heavy atom. The lowest BCUT2D eigenvalue weighted by Crippen LogP contribution is -2.32. The Labute approximate surface area is 127 Å². The van der Waals surface area contributed by atoms with Crippen molar-refractivity contribution in [2.45, 2.75) is 19.4 Å². The maximum absolute atomic E-state index is 12.1. The molecule has 0 fully saturated rings. The molecule has 0 aliphatic rings. The molecule has 0 aromatic heterocycles. The van der Waals surface area contributed by atoms with Gasteiger partial charge in [-0.1, -0.05) is 49.4 Å². The van der Waals surface area contributed by atoms with Crippen LogP contribution in [-0.2, 0) is 0 Å². The fourth-order valence-corrected chi connectivity index (χ4v) is 2.37. The first-order chi connectivity index (χ1) is 9.70. The van der Waals surface area contributed by atoms with Crippen molar-refractivity contribution in [3.05, 3.63) is 64.6 Å². The van der Waals surface area contributed by atoms with E-state index in [0.717, 1.165) is 22.1 Å². The molecule has 1 atom stereocenters. The van der Waals surface area contributed by atoms with E-state index >= 15 is 0 Å². The van der Waals surface area contributed by atoms with Crippen molar-refractivity contribution in [1.82, 2.24) is 5.32 Å². The molecule has 3 nitrogen and oxygen atoms in total. The number of rotatable bonds is 4. The molecular formula is C16H17BrN2O. The first kappa shape index (κ1) is 14.6. The van der Waals surface area contributed by atoms with Gasteiger partial charge in [-0.15, -0.1) is 0 Å². The third kappa shape index (κ3) is 3.84. The van der Waals surface area contributed by atoms with Gasteiger partial charge >= 0.3 is 6.03 Å². The Morgan fingerprint density at radius 3 is 2.40 bits per heavy atom. The van der Waals surface area contributed by atoms with Crippen LogP contribution in [0.15, 0.2) is 59.1 Å². The highest BCUT2D eigenvalue weighted by Crippen LogP contribution is 2.22. The van der Waals surface area contributed by atoms with Gasteiger partial charge in [-0.05, 0) is 40.0 Å². The quantitative estimate of drug-likeness (QED) is 0.835. The smallest absolute Gasteiger partial charge is 0.319 e. The second kappa shape index (κ2) is 7.10. The van der Waals surface area contributed by atoms with Gasteiger partial charge in [-0.3, -0.25) is 0 Å². The lowest BCUT2D eigenvalue weighted by atomic mass is 10.1. The molecule has 0 saturated heterocycles. The summed E-state index contributed by atoms with van der Waals surface area (Å²) in [5.74, 6) is 0. The minimum absolute atomic E-state index is 0.0127. The number of anilines is 1. The number of urea groups is 1. The molecule has 2 rings (SSSR count). The van der Waals surface area contributed by atoms with Gasteiger partial charge in [0.2, 0.25) is 0 Å². The lowest BCUT2D eigenvalue weighted by molar-refractivity contribution is 0.248. The largest absolute Gasteiger partial charge is 0.331 e. The van der Waals surface area contributed by atoms with Crippen molar-refractivity contribution in [2.24, 2.45) is 0 Å². The predicted octanol–water partition coefficient (Wildman–Crippen LogP) is 4.72. The van der Waals surface area contributed by atoms with Crippen molar-refractivity contribution >= 4 is 27.6 Å². The van der Waals surface area contributed by atoms with Crippen LogP contribution in [0.1, 0.15) is 24.9 Å². The molecular weight excluding hydrogens is 316 g/mol. The second-order valence-corrected chi connectivity index (χ2v) is 5.30. The predicted molar refractivity (Wildman–Crippen MR) is 85.8 cm³/mol. The summed E-state index contributed by atoms with van der Waals surface area (Å²) in [5.41, 5.74) is 1.87. The molecule has 2 amide bonds. The molecule has 0 spiro atoms. The Bertz CT molecular complexity index is 572. The molecule has 1 unspecified atom stereocenters. The Hall–Kier alpha value is -1.81. The van der Waals surface area contributed by atoms with E-state index in [1.807, 2.05) is 54.6 Å². The second-order valence-electron chi connectivity index (χ2n) is 4.45. The molecule has 0 aliphatic heterocycles. The van der Waals surface area contributed by atoms with Crippen LogP contribution in [0.3, 0.4) is 0 Å². The molecule has 0 radical (unpaired) electrons. The van der Waals surface area contributed by atoms with Gasteiger partial charge in [0, 0.05) is 4.47 Å². The van der Waals surface area contributed by atoms with Crippen LogP contribution < -0.4 is 10.6 Å². The van der Waals surface area contributed by atoms with Crippen LogP contribution >= 0.6 is 15.9 Å². The molecule has 0 bridgehead atoms. The van der Waals surface area contributed by atoms with Crippen LogP contribution in [-0.4, -0.2) is 6.03 Å². The zero-order valence-corrected chi connectivity index (χ0v) is 12.9. The summed E-state index contributed by atoms with van der Waals surface area (Å²) in [4.78, 5) is 12.1. The number of para-hydroxylation sites is 1. The van der Waals surface area contributed by atoms with Crippen LogP contribution in [0, 0.1) is 0 Å². The fourth-order valence-electron chi connectivity index (χ4n) is 1.99. The number of benzene rings is 2. The number of nitrogens with one attached hydrogen (secondary N) is 2. The molecule has 104 valence electrons. The number of halogens is 1. The SMILES string of the molecule is CCC(NC(=O)Nc1ccccc1Br)c1ccccc1. The van der Waals surface area contributed by atoms with Crippen molar-refractivity contribution in [3.8, 4) is 0 Å². The van der Waals surface area contributed by atoms with Gasteiger partial charge in [0.15, 0.2) is 0 Å². The van der Waals surface area contributed by atoms with Crippen LogP contribution in [0.5, 0.6) is 0 Å². The van der Waals surface area contributed by atoms with Gasteiger partial charge in [0.05, 0.1) is 11.7 Å². The summed E-state index contributed by atoms with van der Waals surface area (Å²) in [7, 11) is 0. The fraction of sp³-hybridized carbons (Fsp3) is 0.188. The Balaban J connectivity index is 2.02. The summed E-state index contributed by atoms with van der Waals surface area (Å²) in [6.45, 7) is 2.05. The first-order valence-electron chi connectivity index (χ1n) is 6.57. The highest BCUT2D eigenvalue weighted by molar-refractivity contribution is 9.10. The van der Waals surface area contributed by atoms with Gasteiger partial charge < -0.3 is 10.6 Å². The summed E-state index contributed by atoms with van der Waals surface area (Å²) in [5, 5.41) is 5.84. The van der Waals surface area contributed by atoms with E-state index < -0.39 is 0 Å². The first-order valence-corrected chi connectivity index (χ1v) is 7.37. The van der Waals surface area contributed by atoms with Gasteiger partial charge in [-0.25, -0.2) is 4.79 Å². The standard InChI is InChI=1S/C16H17BrN2O/c1-2-14(12-8-4-3-5-9-12)18-16(20)19-15-11-7-6-10-13(15)17/h3-11,14H,2H2,1H3,(H2,18,19,20). The zero-order valence-electron chi connectivity index (χ0n) is 11.3. The number of hydrogen-bond donors (Lipinski definition) is 2. The Morgan fingerprint density at radius 2 is 1.75 bits per heavy atom. The van der Waals surface area contributed by atoms with E-state index in [1.54, 1.807) is 0 Å². The molecule has 0 heterocycles. The molecule has 2 N–H and O–H groups in total. The van der Waals surface area contributed by atoms with Crippen LogP contribution in [0.25, 0.3) is 0 Å². The van der Waals surface area contributed by atoms with E-state index in [0.29, 0.717) is 0 Å². The van der Waals surface area contributed by atoms with E-state index in [9.17, 15) is 4.79 Å². The van der Waals surface area contributed by atoms with Gasteiger partial charge in [-0.2, -0.15) is 0 Å². The van der Waals surface area contributed by atoms with E-state index in [2.05, 4.69) is 33.5 Å². The summed E-state index contributed by atoms with van der Waals surface area (Å²) in [6.07, 6.45) is 0.841. The topological polar surface area (TPSA) is 41.1 Å². The van der Waals surface area contributed by atoms with E-state index in [1.165, 1.54) is 0 Å². The van der Waals surface area contributed by atoms with Crippen molar-refractivity contribution < 1.29 is 4.79 Å². The van der Waals surface area contributed by atoms with Crippen molar-refractivity contribution in [3.63, 3.8) is 0 Å². The van der Waals surface area contributed by atoms with E-state index in [4.69, 9.17) is 0 Å². The average Bonchev–Trinajstić information content (AvgIpc) is 2.48. The number of hydrogen-bond acceptors (Lipinski definition) is 1. The molecule has 4 heteroatoms. The highest BCUT2D eigenvalue weighted by atomic mass is 79.9. The minimum atomic E-state index is -0.201. The van der Waals surface area contributed by atoms with Gasteiger partial charge in [0.25, 0.3) is 0 Å². The van der Waals surface area contributed by atoms with E-state index in [-0.39, 0.29) is 12.1 Å². The molecule has 0 saturated carbocycles. The third-order valence-corrected chi connectivity index (χ3v) is 3.73. The molecule has 2 aromatic carbocycles. The minimum Gasteiger partial charge on any atom is -0.331 e. The van der Waals surface area contributed by atoms with Crippen LogP contribution in [0.4, 0.5) is 10.5 Å². The maximum atomic E-state index is 12.1. The Kier molecular flexibility index (Phi) is 5.18. The highest BCUT2D eigenvalue weighted by Gasteiger charge is 2.12. The summed E-state index contributed by atoms with van der Waals surface area (Å²) in [6, 6.07) is 17.3. The molecule has 0 aliphatic carbocycles. The maximum Gasteiger partial charge on any atom is 0.319 e. The van der Waals surface area contributed by atoms with Crippen molar-refractivity contribution in [2.75, 3.05) is 5.32 Å². The monoisotopic (exact) mass is 332 g/mol. The van der Waals surface area contributed by atoms with Gasteiger partial charge in [0.1, 0.15) is 0 Å². The third-order valence-electron chi connectivity index (χ3n) is 3.04. The summed E-state index contributed by atoms with van der Waals surface area (Å²) < 4.78 is 0.864. The molecule has 20 heavy (non-hydrogen) atoms. The number of amides is 2. The summed E-state index contributed by atoms with van der Waals surface area (Å²) >= 11 is 3.41. The van der Waals surface area contributed by atoms with Crippen molar-refractivity contribution in [1.29, 1.82) is 0 Å². The lowest BCUT2D eigenvalue weighted by Gasteiger charge is -2.18. The molecule has 2 aromatic rings. The average molecular weight is 333 g/mol. The number of carbonyl (C=O) groups excluding carboxylic acids is 1. The zero-order chi connectivity index (χ0) is 14.4. The van der Waals surface area contributed by atoms with Crippen LogP contribution in [0.2, 0.25) is 0 Å².